The Labute approximate surface area is 116 Å². The standard InChI is InChI=1S/C12H20O8/c13-10(14)8-6-4-2-1-3-5-7-9-12(11(15)16)17-19-20-18-12/h1-9H2,(H,13,14)(H,15,16). The Kier molecular flexibility index (Phi) is 7.45. The first-order valence-electron chi connectivity index (χ1n) is 6.72. The van der Waals surface area contributed by atoms with Gasteiger partial charge in [-0.3, -0.25) is 4.79 Å². The van der Waals surface area contributed by atoms with E-state index in [2.05, 4.69) is 19.9 Å². The molecule has 0 aromatic heterocycles. The van der Waals surface area contributed by atoms with E-state index in [-0.39, 0.29) is 12.8 Å². The van der Waals surface area contributed by atoms with E-state index in [1.165, 1.54) is 0 Å². The zero-order valence-electron chi connectivity index (χ0n) is 11.2. The minimum atomic E-state index is -1.86. The number of aliphatic carboxylic acids is 2. The Morgan fingerprint density at radius 1 is 0.800 bits per heavy atom. The van der Waals surface area contributed by atoms with Crippen LogP contribution in [-0.2, 0) is 29.4 Å². The van der Waals surface area contributed by atoms with Crippen molar-refractivity contribution >= 4 is 11.9 Å². The van der Waals surface area contributed by atoms with Gasteiger partial charge in [-0.15, -0.1) is 0 Å². The summed E-state index contributed by atoms with van der Waals surface area (Å²) in [6.07, 6.45) is 6.33. The van der Waals surface area contributed by atoms with Gasteiger partial charge in [-0.05, 0) is 22.9 Å². The molecule has 1 heterocycles. The van der Waals surface area contributed by atoms with Crippen molar-refractivity contribution in [3.8, 4) is 0 Å². The molecule has 1 saturated heterocycles. The van der Waals surface area contributed by atoms with Crippen molar-refractivity contribution < 1.29 is 39.7 Å². The molecule has 0 aromatic carbocycles. The van der Waals surface area contributed by atoms with Crippen molar-refractivity contribution in [1.82, 2.24) is 0 Å². The van der Waals surface area contributed by atoms with E-state index in [1.54, 1.807) is 0 Å². The Balaban J connectivity index is 1.99. The number of unbranched alkanes of at least 4 members (excludes halogenated alkanes) is 6. The summed E-state index contributed by atoms with van der Waals surface area (Å²) >= 11 is 0. The third-order valence-corrected chi connectivity index (χ3v) is 3.09. The van der Waals surface area contributed by atoms with E-state index in [9.17, 15) is 9.59 Å². The van der Waals surface area contributed by atoms with Crippen LogP contribution in [0.15, 0.2) is 0 Å². The summed E-state index contributed by atoms with van der Waals surface area (Å²) in [6, 6.07) is 0. The summed E-state index contributed by atoms with van der Waals surface area (Å²) in [5.74, 6) is -3.91. The smallest absolute Gasteiger partial charge is 0.370 e. The summed E-state index contributed by atoms with van der Waals surface area (Å²) in [7, 11) is 0. The largest absolute Gasteiger partial charge is 0.481 e. The molecule has 0 bridgehead atoms. The van der Waals surface area contributed by atoms with Gasteiger partial charge in [0.1, 0.15) is 0 Å². The first-order valence-corrected chi connectivity index (χ1v) is 6.72. The normalized spacial score (nSPS) is 17.2. The van der Waals surface area contributed by atoms with E-state index < -0.39 is 17.7 Å². The SMILES string of the molecule is O=C(O)CCCCCCCCCC1(C(=O)O)OOOO1. The lowest BCUT2D eigenvalue weighted by atomic mass is 10.0. The second-order valence-electron chi connectivity index (χ2n) is 4.73. The van der Waals surface area contributed by atoms with Crippen molar-refractivity contribution in [2.24, 2.45) is 0 Å². The molecule has 0 saturated carbocycles. The average Bonchev–Trinajstić information content (AvgIpc) is 2.86. The number of hydrogen-bond acceptors (Lipinski definition) is 6. The zero-order chi connectivity index (χ0) is 14.8. The molecule has 0 spiro atoms. The number of hydrogen-bond donors (Lipinski definition) is 2. The van der Waals surface area contributed by atoms with Crippen molar-refractivity contribution in [3.05, 3.63) is 0 Å². The van der Waals surface area contributed by atoms with Gasteiger partial charge >= 0.3 is 17.7 Å². The predicted molar refractivity (Wildman–Crippen MR) is 63.9 cm³/mol. The highest BCUT2D eigenvalue weighted by Crippen LogP contribution is 2.28. The number of carboxylic acid groups (broad SMARTS) is 2. The zero-order valence-corrected chi connectivity index (χ0v) is 11.2. The van der Waals surface area contributed by atoms with Gasteiger partial charge in [0, 0.05) is 12.8 Å². The lowest BCUT2D eigenvalue weighted by Crippen LogP contribution is -2.39. The van der Waals surface area contributed by atoms with E-state index in [1.807, 2.05) is 0 Å². The second kappa shape index (κ2) is 8.85. The van der Waals surface area contributed by atoms with Crippen molar-refractivity contribution in [1.29, 1.82) is 0 Å². The summed E-state index contributed by atoms with van der Waals surface area (Å²) in [6.45, 7) is 0. The van der Waals surface area contributed by atoms with Crippen LogP contribution >= 0.6 is 0 Å². The second-order valence-corrected chi connectivity index (χ2v) is 4.73. The lowest BCUT2D eigenvalue weighted by Gasteiger charge is -2.15. The molecule has 0 radical (unpaired) electrons. The van der Waals surface area contributed by atoms with Gasteiger partial charge in [0.2, 0.25) is 0 Å². The van der Waals surface area contributed by atoms with Gasteiger partial charge < -0.3 is 10.2 Å². The van der Waals surface area contributed by atoms with E-state index >= 15 is 0 Å². The van der Waals surface area contributed by atoms with Crippen molar-refractivity contribution in [2.45, 2.75) is 63.6 Å². The highest BCUT2D eigenvalue weighted by atomic mass is 17.7. The molecule has 0 atom stereocenters. The summed E-state index contributed by atoms with van der Waals surface area (Å²) in [5.41, 5.74) is 0. The maximum absolute atomic E-state index is 11.0. The van der Waals surface area contributed by atoms with Crippen LogP contribution in [0.3, 0.4) is 0 Å². The van der Waals surface area contributed by atoms with Crippen LogP contribution in [0.5, 0.6) is 0 Å². The van der Waals surface area contributed by atoms with Crippen LogP contribution in [0, 0.1) is 0 Å². The van der Waals surface area contributed by atoms with Crippen LogP contribution in [0.25, 0.3) is 0 Å². The first kappa shape index (κ1) is 16.8. The molecule has 2 N–H and O–H groups in total. The van der Waals surface area contributed by atoms with Crippen LogP contribution in [0.2, 0.25) is 0 Å². The number of carboxylic acids is 2. The molecule has 0 amide bonds. The summed E-state index contributed by atoms with van der Waals surface area (Å²) < 4.78 is 0. The van der Waals surface area contributed by atoms with Crippen molar-refractivity contribution in [3.63, 3.8) is 0 Å². The monoisotopic (exact) mass is 292 g/mol. The molecule has 0 unspecified atom stereocenters. The molecular formula is C12H20O8. The fourth-order valence-electron chi connectivity index (χ4n) is 1.93. The average molecular weight is 292 g/mol. The molecule has 8 heteroatoms. The van der Waals surface area contributed by atoms with Crippen LogP contribution in [-0.4, -0.2) is 27.9 Å². The van der Waals surface area contributed by atoms with E-state index in [4.69, 9.17) is 10.2 Å². The van der Waals surface area contributed by atoms with Crippen LogP contribution in [0.4, 0.5) is 0 Å². The highest BCUT2D eigenvalue weighted by Gasteiger charge is 2.49. The maximum atomic E-state index is 11.0. The summed E-state index contributed by atoms with van der Waals surface area (Å²) in [5, 5.41) is 25.4. The number of carbonyl (C=O) groups is 2. The molecule has 1 aliphatic rings. The van der Waals surface area contributed by atoms with Gasteiger partial charge in [0.15, 0.2) is 0 Å². The summed E-state index contributed by atoms with van der Waals surface area (Å²) in [4.78, 5) is 30.2. The quantitative estimate of drug-likeness (QED) is 0.440. The molecule has 20 heavy (non-hydrogen) atoms. The molecule has 8 nitrogen and oxygen atoms in total. The van der Waals surface area contributed by atoms with Crippen molar-refractivity contribution in [2.75, 3.05) is 0 Å². The van der Waals surface area contributed by atoms with E-state index in [0.717, 1.165) is 32.1 Å². The minimum Gasteiger partial charge on any atom is -0.481 e. The fourth-order valence-corrected chi connectivity index (χ4v) is 1.93. The van der Waals surface area contributed by atoms with Crippen LogP contribution < -0.4 is 0 Å². The third kappa shape index (κ3) is 5.83. The third-order valence-electron chi connectivity index (χ3n) is 3.09. The Morgan fingerprint density at radius 2 is 1.30 bits per heavy atom. The fraction of sp³-hybridized carbons (Fsp3) is 0.833. The molecule has 116 valence electrons. The molecule has 1 rings (SSSR count). The van der Waals surface area contributed by atoms with Gasteiger partial charge in [-0.1, -0.05) is 32.1 Å². The molecular weight excluding hydrogens is 272 g/mol. The molecule has 0 aromatic rings. The van der Waals surface area contributed by atoms with Crippen LogP contribution in [0.1, 0.15) is 57.8 Å². The predicted octanol–water partition coefficient (Wildman–Crippen LogP) is 2.19. The highest BCUT2D eigenvalue weighted by molar-refractivity contribution is 5.75. The molecule has 1 aliphatic heterocycles. The molecule has 1 fully saturated rings. The molecule has 0 aliphatic carbocycles. The number of rotatable bonds is 11. The van der Waals surface area contributed by atoms with Gasteiger partial charge in [0.05, 0.1) is 0 Å². The lowest BCUT2D eigenvalue weighted by molar-refractivity contribution is -0.532. The minimum absolute atomic E-state index is 0.140. The van der Waals surface area contributed by atoms with Gasteiger partial charge in [0.25, 0.3) is 0 Å². The first-order chi connectivity index (χ1) is 9.57. The van der Waals surface area contributed by atoms with E-state index in [0.29, 0.717) is 12.8 Å². The Hall–Kier alpha value is -1.22. The Bertz CT molecular complexity index is 311. The maximum Gasteiger partial charge on any atom is 0.370 e. The van der Waals surface area contributed by atoms with Gasteiger partial charge in [-0.2, -0.15) is 9.78 Å². The topological polar surface area (TPSA) is 112 Å². The van der Waals surface area contributed by atoms with Gasteiger partial charge in [-0.25, -0.2) is 4.79 Å². The Morgan fingerprint density at radius 3 is 1.80 bits per heavy atom.